The van der Waals surface area contributed by atoms with Gasteiger partial charge in [0, 0.05) is 24.9 Å². The second kappa shape index (κ2) is 11.0. The van der Waals surface area contributed by atoms with Gasteiger partial charge in [-0.1, -0.05) is 19.3 Å². The van der Waals surface area contributed by atoms with Crippen LogP contribution in [-0.2, 0) is 9.59 Å². The first-order chi connectivity index (χ1) is 13.2. The molecule has 2 aliphatic carbocycles. The van der Waals surface area contributed by atoms with Crippen molar-refractivity contribution in [2.75, 3.05) is 19.6 Å². The van der Waals surface area contributed by atoms with Crippen molar-refractivity contribution in [1.82, 2.24) is 16.0 Å². The smallest absolute Gasteiger partial charge is 0.223 e. The van der Waals surface area contributed by atoms with E-state index in [1.165, 1.54) is 44.9 Å². The van der Waals surface area contributed by atoms with Crippen LogP contribution in [0.2, 0.25) is 0 Å². The molecule has 0 radical (unpaired) electrons. The van der Waals surface area contributed by atoms with Gasteiger partial charge in [-0.05, 0) is 82.7 Å². The summed E-state index contributed by atoms with van der Waals surface area (Å²) in [6.45, 7) is 3.05. The van der Waals surface area contributed by atoms with Crippen LogP contribution in [0.15, 0.2) is 0 Å². The Morgan fingerprint density at radius 1 is 0.852 bits per heavy atom. The molecule has 0 aromatic carbocycles. The van der Waals surface area contributed by atoms with Crippen molar-refractivity contribution in [2.24, 2.45) is 17.8 Å². The molecule has 3 N–H and O–H groups in total. The van der Waals surface area contributed by atoms with E-state index in [2.05, 4.69) is 16.0 Å². The van der Waals surface area contributed by atoms with Gasteiger partial charge >= 0.3 is 0 Å². The molecular formula is C22H39N3O2. The molecule has 0 spiro atoms. The maximum Gasteiger partial charge on any atom is 0.223 e. The largest absolute Gasteiger partial charge is 0.356 e. The molecule has 1 saturated heterocycles. The Kier molecular flexibility index (Phi) is 8.43. The summed E-state index contributed by atoms with van der Waals surface area (Å²) < 4.78 is 0. The molecular weight excluding hydrogens is 338 g/mol. The molecule has 5 nitrogen and oxygen atoms in total. The van der Waals surface area contributed by atoms with Gasteiger partial charge in [0.25, 0.3) is 0 Å². The lowest BCUT2D eigenvalue weighted by Crippen LogP contribution is -2.41. The normalized spacial score (nSPS) is 29.9. The van der Waals surface area contributed by atoms with Crippen LogP contribution < -0.4 is 16.0 Å². The fraction of sp³-hybridized carbons (Fsp3) is 0.909. The Labute approximate surface area is 164 Å². The van der Waals surface area contributed by atoms with Gasteiger partial charge in [0.1, 0.15) is 0 Å². The minimum atomic E-state index is 0.140. The van der Waals surface area contributed by atoms with Gasteiger partial charge in [0.15, 0.2) is 0 Å². The molecule has 5 heteroatoms. The summed E-state index contributed by atoms with van der Waals surface area (Å²) in [5.74, 6) is 1.91. The SMILES string of the molecule is O=C(CC1CCCCC1)NC1CCC(C(=O)NCCC2CCCNC2)CC1. The van der Waals surface area contributed by atoms with Gasteiger partial charge in [0.05, 0.1) is 0 Å². The maximum atomic E-state index is 12.4. The molecule has 2 saturated carbocycles. The lowest BCUT2D eigenvalue weighted by Gasteiger charge is -2.29. The Hall–Kier alpha value is -1.10. The summed E-state index contributed by atoms with van der Waals surface area (Å²) in [5.41, 5.74) is 0. The van der Waals surface area contributed by atoms with Crippen molar-refractivity contribution in [1.29, 1.82) is 0 Å². The highest BCUT2D eigenvalue weighted by Gasteiger charge is 2.27. The quantitative estimate of drug-likeness (QED) is 0.638. The van der Waals surface area contributed by atoms with Gasteiger partial charge in [-0.15, -0.1) is 0 Å². The van der Waals surface area contributed by atoms with Crippen LogP contribution in [0.5, 0.6) is 0 Å². The van der Waals surface area contributed by atoms with E-state index in [4.69, 9.17) is 0 Å². The molecule has 3 rings (SSSR count). The number of hydrogen-bond acceptors (Lipinski definition) is 3. The molecule has 0 aromatic rings. The molecule has 3 fully saturated rings. The van der Waals surface area contributed by atoms with Crippen LogP contribution in [0.4, 0.5) is 0 Å². The first-order valence-electron chi connectivity index (χ1n) is 11.5. The predicted octanol–water partition coefficient (Wildman–Crippen LogP) is 3.14. The van der Waals surface area contributed by atoms with Gasteiger partial charge in [-0.2, -0.15) is 0 Å². The van der Waals surface area contributed by atoms with Crippen molar-refractivity contribution in [3.05, 3.63) is 0 Å². The molecule has 0 aromatic heterocycles. The first-order valence-corrected chi connectivity index (χ1v) is 11.5. The van der Waals surface area contributed by atoms with Crippen molar-refractivity contribution in [3.63, 3.8) is 0 Å². The summed E-state index contributed by atoms with van der Waals surface area (Å²) in [6.07, 6.45) is 14.4. The zero-order valence-corrected chi connectivity index (χ0v) is 16.9. The van der Waals surface area contributed by atoms with E-state index in [-0.39, 0.29) is 23.8 Å². The molecule has 3 aliphatic rings. The third-order valence-corrected chi connectivity index (χ3v) is 6.91. The Bertz CT molecular complexity index is 462. The highest BCUT2D eigenvalue weighted by Crippen LogP contribution is 2.27. The number of rotatable bonds is 7. The monoisotopic (exact) mass is 377 g/mol. The second-order valence-electron chi connectivity index (χ2n) is 9.12. The highest BCUT2D eigenvalue weighted by molar-refractivity contribution is 5.79. The zero-order chi connectivity index (χ0) is 18.9. The third-order valence-electron chi connectivity index (χ3n) is 6.91. The molecule has 0 bridgehead atoms. The van der Waals surface area contributed by atoms with E-state index >= 15 is 0 Å². The maximum absolute atomic E-state index is 12.4. The van der Waals surface area contributed by atoms with Crippen LogP contribution in [-0.4, -0.2) is 37.5 Å². The zero-order valence-electron chi connectivity index (χ0n) is 16.9. The molecule has 27 heavy (non-hydrogen) atoms. The Morgan fingerprint density at radius 2 is 1.59 bits per heavy atom. The number of piperidine rings is 1. The first kappa shape index (κ1) is 20.6. The van der Waals surface area contributed by atoms with Gasteiger partial charge in [-0.3, -0.25) is 9.59 Å². The number of nitrogens with one attached hydrogen (secondary N) is 3. The Balaban J connectivity index is 1.27. The molecule has 2 amide bonds. The fourth-order valence-corrected chi connectivity index (χ4v) is 5.15. The summed E-state index contributed by atoms with van der Waals surface area (Å²) in [4.78, 5) is 24.7. The molecule has 154 valence electrons. The lowest BCUT2D eigenvalue weighted by molar-refractivity contribution is -0.126. The lowest BCUT2D eigenvalue weighted by atomic mass is 9.84. The van der Waals surface area contributed by atoms with E-state index in [1.807, 2.05) is 0 Å². The second-order valence-corrected chi connectivity index (χ2v) is 9.12. The summed E-state index contributed by atoms with van der Waals surface area (Å²) in [6, 6.07) is 0.276. The minimum absolute atomic E-state index is 0.140. The average molecular weight is 378 g/mol. The number of amides is 2. The Morgan fingerprint density at radius 3 is 2.30 bits per heavy atom. The molecule has 1 aliphatic heterocycles. The summed E-state index contributed by atoms with van der Waals surface area (Å²) in [5, 5.41) is 9.82. The molecule has 1 atom stereocenters. The number of carbonyl (C=O) groups is 2. The average Bonchev–Trinajstić information content (AvgIpc) is 2.70. The minimum Gasteiger partial charge on any atom is -0.356 e. The molecule has 1 unspecified atom stereocenters. The van der Waals surface area contributed by atoms with Crippen molar-refractivity contribution < 1.29 is 9.59 Å². The van der Waals surface area contributed by atoms with E-state index in [1.54, 1.807) is 0 Å². The van der Waals surface area contributed by atoms with Crippen LogP contribution in [0, 0.1) is 17.8 Å². The van der Waals surface area contributed by atoms with E-state index < -0.39 is 0 Å². The van der Waals surface area contributed by atoms with Crippen LogP contribution in [0.3, 0.4) is 0 Å². The number of carbonyl (C=O) groups excluding carboxylic acids is 2. The topological polar surface area (TPSA) is 70.2 Å². The van der Waals surface area contributed by atoms with Crippen LogP contribution >= 0.6 is 0 Å². The predicted molar refractivity (Wildman–Crippen MR) is 108 cm³/mol. The van der Waals surface area contributed by atoms with Crippen LogP contribution in [0.25, 0.3) is 0 Å². The van der Waals surface area contributed by atoms with Gasteiger partial charge in [-0.25, -0.2) is 0 Å². The molecule has 1 heterocycles. The fourth-order valence-electron chi connectivity index (χ4n) is 5.15. The van der Waals surface area contributed by atoms with Crippen LogP contribution in [0.1, 0.15) is 83.5 Å². The number of hydrogen-bond donors (Lipinski definition) is 3. The van der Waals surface area contributed by atoms with Crippen molar-refractivity contribution >= 4 is 11.8 Å². The van der Waals surface area contributed by atoms with E-state index in [0.717, 1.165) is 51.7 Å². The highest BCUT2D eigenvalue weighted by atomic mass is 16.2. The van der Waals surface area contributed by atoms with E-state index in [9.17, 15) is 9.59 Å². The van der Waals surface area contributed by atoms with Gasteiger partial charge in [0.2, 0.25) is 11.8 Å². The van der Waals surface area contributed by atoms with Gasteiger partial charge < -0.3 is 16.0 Å². The van der Waals surface area contributed by atoms with Crippen molar-refractivity contribution in [2.45, 2.75) is 89.5 Å². The van der Waals surface area contributed by atoms with E-state index in [0.29, 0.717) is 18.3 Å². The third kappa shape index (κ3) is 7.10. The van der Waals surface area contributed by atoms with Crippen molar-refractivity contribution in [3.8, 4) is 0 Å². The standard InChI is InChI=1S/C22H39N3O2/c26-21(15-17-5-2-1-3-6-17)25-20-10-8-19(9-11-20)22(27)24-14-12-18-7-4-13-23-16-18/h17-20,23H,1-16H2,(H,24,27)(H,25,26). The summed E-state index contributed by atoms with van der Waals surface area (Å²) >= 11 is 0. The summed E-state index contributed by atoms with van der Waals surface area (Å²) in [7, 11) is 0.